The number of rotatable bonds is 3. The van der Waals surface area contributed by atoms with Gasteiger partial charge in [0, 0.05) is 13.0 Å². The van der Waals surface area contributed by atoms with E-state index in [0.717, 1.165) is 12.2 Å². The highest BCUT2D eigenvalue weighted by Gasteiger charge is 2.26. The fourth-order valence-corrected chi connectivity index (χ4v) is 1.97. The Bertz CT molecular complexity index is 258. The third-order valence-corrected chi connectivity index (χ3v) is 2.61. The Balaban J connectivity index is 2.74. The van der Waals surface area contributed by atoms with Gasteiger partial charge in [-0.25, -0.2) is 0 Å². The van der Waals surface area contributed by atoms with Gasteiger partial charge in [0.1, 0.15) is 5.76 Å². The first-order chi connectivity index (χ1) is 6.96. The van der Waals surface area contributed by atoms with Gasteiger partial charge in [-0.05, 0) is 24.0 Å². The van der Waals surface area contributed by atoms with Crippen LogP contribution < -0.4 is 0 Å². The zero-order valence-corrected chi connectivity index (χ0v) is 10.4. The van der Waals surface area contributed by atoms with Crippen LogP contribution in [-0.2, 0) is 9.47 Å². The second kappa shape index (κ2) is 4.84. The maximum Gasteiger partial charge on any atom is 0.115 e. The quantitative estimate of drug-likeness (QED) is 0.712. The predicted molar refractivity (Wildman–Crippen MR) is 62.6 cm³/mol. The minimum Gasteiger partial charge on any atom is -0.497 e. The van der Waals surface area contributed by atoms with Crippen molar-refractivity contribution in [3.8, 4) is 0 Å². The SMILES string of the molecule is COC1=CC(CC(C)(C)C)C(OC)C=C1. The third kappa shape index (κ3) is 3.71. The highest BCUT2D eigenvalue weighted by molar-refractivity contribution is 5.22. The molecule has 0 aromatic rings. The molecule has 2 nitrogen and oxygen atoms in total. The van der Waals surface area contributed by atoms with Crippen LogP contribution in [0.5, 0.6) is 0 Å². The smallest absolute Gasteiger partial charge is 0.115 e. The van der Waals surface area contributed by atoms with Crippen LogP contribution >= 0.6 is 0 Å². The summed E-state index contributed by atoms with van der Waals surface area (Å²) in [5.41, 5.74) is 0.308. The summed E-state index contributed by atoms with van der Waals surface area (Å²) in [5.74, 6) is 1.35. The molecule has 0 heterocycles. The topological polar surface area (TPSA) is 18.5 Å². The Morgan fingerprint density at radius 2 is 1.93 bits per heavy atom. The van der Waals surface area contributed by atoms with Gasteiger partial charge in [0.05, 0.1) is 13.2 Å². The number of hydrogen-bond donors (Lipinski definition) is 0. The van der Waals surface area contributed by atoms with Gasteiger partial charge in [-0.2, -0.15) is 0 Å². The molecule has 0 aromatic carbocycles. The van der Waals surface area contributed by atoms with E-state index < -0.39 is 0 Å². The monoisotopic (exact) mass is 210 g/mol. The summed E-state index contributed by atoms with van der Waals surface area (Å²) in [6, 6.07) is 0. The number of hydrogen-bond acceptors (Lipinski definition) is 2. The molecule has 0 saturated heterocycles. The van der Waals surface area contributed by atoms with Crippen LogP contribution in [-0.4, -0.2) is 20.3 Å². The third-order valence-electron chi connectivity index (χ3n) is 2.61. The van der Waals surface area contributed by atoms with Gasteiger partial charge in [-0.1, -0.05) is 26.8 Å². The normalized spacial score (nSPS) is 26.3. The molecule has 1 aliphatic rings. The van der Waals surface area contributed by atoms with E-state index in [0.29, 0.717) is 11.3 Å². The Morgan fingerprint density at radius 3 is 2.40 bits per heavy atom. The van der Waals surface area contributed by atoms with E-state index in [2.05, 4.69) is 32.9 Å². The summed E-state index contributed by atoms with van der Waals surface area (Å²) in [5, 5.41) is 0. The van der Waals surface area contributed by atoms with Gasteiger partial charge in [-0.15, -0.1) is 0 Å². The Morgan fingerprint density at radius 1 is 1.27 bits per heavy atom. The molecule has 0 bridgehead atoms. The summed E-state index contributed by atoms with van der Waals surface area (Å²) in [6.45, 7) is 6.75. The molecular weight excluding hydrogens is 188 g/mol. The molecule has 0 fully saturated rings. The maximum absolute atomic E-state index is 5.46. The maximum atomic E-state index is 5.46. The van der Waals surface area contributed by atoms with Gasteiger partial charge in [0.2, 0.25) is 0 Å². The average Bonchev–Trinajstić information content (AvgIpc) is 2.15. The molecule has 15 heavy (non-hydrogen) atoms. The Labute approximate surface area is 93.0 Å². The lowest BCUT2D eigenvalue weighted by atomic mass is 9.80. The Kier molecular flexibility index (Phi) is 3.97. The lowest BCUT2D eigenvalue weighted by Gasteiger charge is -2.30. The lowest BCUT2D eigenvalue weighted by Crippen LogP contribution is -2.26. The Hall–Kier alpha value is -0.760. The van der Waals surface area contributed by atoms with E-state index in [1.807, 2.05) is 6.08 Å². The van der Waals surface area contributed by atoms with Crippen molar-refractivity contribution in [2.45, 2.75) is 33.3 Å². The summed E-state index contributed by atoms with van der Waals surface area (Å²) in [7, 11) is 3.47. The minimum absolute atomic E-state index is 0.183. The number of methoxy groups -OCH3 is 2. The number of allylic oxidation sites excluding steroid dienone is 1. The van der Waals surface area contributed by atoms with Crippen molar-refractivity contribution < 1.29 is 9.47 Å². The second-order valence-corrected chi connectivity index (χ2v) is 5.26. The molecule has 2 atom stereocenters. The zero-order chi connectivity index (χ0) is 11.5. The molecule has 0 saturated carbocycles. The fraction of sp³-hybridized carbons (Fsp3) is 0.692. The molecule has 2 heteroatoms. The van der Waals surface area contributed by atoms with Crippen molar-refractivity contribution in [2.75, 3.05) is 14.2 Å². The van der Waals surface area contributed by atoms with Gasteiger partial charge in [0.25, 0.3) is 0 Å². The molecule has 1 rings (SSSR count). The molecule has 0 radical (unpaired) electrons. The van der Waals surface area contributed by atoms with Crippen LogP contribution in [0.4, 0.5) is 0 Å². The highest BCUT2D eigenvalue weighted by atomic mass is 16.5. The van der Waals surface area contributed by atoms with Gasteiger partial charge in [0.15, 0.2) is 0 Å². The molecule has 0 aromatic heterocycles. The van der Waals surface area contributed by atoms with Crippen molar-refractivity contribution in [2.24, 2.45) is 11.3 Å². The van der Waals surface area contributed by atoms with Crippen molar-refractivity contribution in [3.05, 3.63) is 24.0 Å². The minimum atomic E-state index is 0.183. The highest BCUT2D eigenvalue weighted by Crippen LogP contribution is 2.31. The van der Waals surface area contributed by atoms with Crippen molar-refractivity contribution in [3.63, 3.8) is 0 Å². The molecule has 0 aliphatic heterocycles. The van der Waals surface area contributed by atoms with Crippen LogP contribution in [0.15, 0.2) is 24.0 Å². The van der Waals surface area contributed by atoms with E-state index in [1.54, 1.807) is 14.2 Å². The largest absolute Gasteiger partial charge is 0.497 e. The standard InChI is InChI=1S/C13H22O2/c1-13(2,3)9-10-8-11(14-4)6-7-12(10)15-5/h6-8,10,12H,9H2,1-5H3. The molecule has 2 unspecified atom stereocenters. The number of ether oxygens (including phenoxy) is 2. The van der Waals surface area contributed by atoms with E-state index in [-0.39, 0.29) is 6.10 Å². The van der Waals surface area contributed by atoms with E-state index >= 15 is 0 Å². The summed E-state index contributed by atoms with van der Waals surface area (Å²) in [4.78, 5) is 0. The first-order valence-electron chi connectivity index (χ1n) is 5.43. The van der Waals surface area contributed by atoms with Crippen LogP contribution in [0, 0.1) is 11.3 Å². The van der Waals surface area contributed by atoms with E-state index in [9.17, 15) is 0 Å². The molecule has 0 amide bonds. The summed E-state index contributed by atoms with van der Waals surface area (Å²) < 4.78 is 10.7. The van der Waals surface area contributed by atoms with Crippen LogP contribution in [0.2, 0.25) is 0 Å². The summed E-state index contributed by atoms with van der Waals surface area (Å²) in [6.07, 6.45) is 7.51. The molecule has 1 aliphatic carbocycles. The molecule has 86 valence electrons. The van der Waals surface area contributed by atoms with Crippen molar-refractivity contribution in [1.82, 2.24) is 0 Å². The zero-order valence-electron chi connectivity index (χ0n) is 10.4. The molecular formula is C13H22O2. The van der Waals surface area contributed by atoms with Gasteiger partial charge < -0.3 is 9.47 Å². The fourth-order valence-electron chi connectivity index (χ4n) is 1.97. The van der Waals surface area contributed by atoms with Crippen LogP contribution in [0.1, 0.15) is 27.2 Å². The van der Waals surface area contributed by atoms with Crippen LogP contribution in [0.3, 0.4) is 0 Å². The van der Waals surface area contributed by atoms with E-state index in [4.69, 9.17) is 9.47 Å². The lowest BCUT2D eigenvalue weighted by molar-refractivity contribution is 0.0844. The second-order valence-electron chi connectivity index (χ2n) is 5.26. The van der Waals surface area contributed by atoms with E-state index in [1.165, 1.54) is 0 Å². The van der Waals surface area contributed by atoms with Gasteiger partial charge >= 0.3 is 0 Å². The van der Waals surface area contributed by atoms with Crippen LogP contribution in [0.25, 0.3) is 0 Å². The first-order valence-corrected chi connectivity index (χ1v) is 5.43. The van der Waals surface area contributed by atoms with Crippen molar-refractivity contribution >= 4 is 0 Å². The van der Waals surface area contributed by atoms with Gasteiger partial charge in [-0.3, -0.25) is 0 Å². The molecule has 0 N–H and O–H groups in total. The van der Waals surface area contributed by atoms with Crippen molar-refractivity contribution in [1.29, 1.82) is 0 Å². The average molecular weight is 210 g/mol. The predicted octanol–water partition coefficient (Wildman–Crippen LogP) is 3.15. The summed E-state index contributed by atoms with van der Waals surface area (Å²) >= 11 is 0. The first kappa shape index (κ1) is 12.3. The molecule has 0 spiro atoms.